The first-order valence-corrected chi connectivity index (χ1v) is 6.29. The fraction of sp³-hybridized carbons (Fsp3) is 0.833. The molecule has 0 saturated carbocycles. The molecule has 0 aliphatic rings. The molecule has 0 spiro atoms. The third kappa shape index (κ3) is 7.09. The summed E-state index contributed by atoms with van der Waals surface area (Å²) in [6.45, 7) is 3.34. The second-order valence-corrected chi connectivity index (χ2v) is 5.02. The summed E-state index contributed by atoms with van der Waals surface area (Å²) in [4.78, 5) is 22.8. The summed E-state index contributed by atoms with van der Waals surface area (Å²) in [5.41, 5.74) is -0.923. The number of aliphatic hydroxyl groups is 3. The first-order valence-electron chi connectivity index (χ1n) is 6.29. The Labute approximate surface area is 113 Å². The van der Waals surface area contributed by atoms with Crippen LogP contribution in [0.3, 0.4) is 0 Å². The van der Waals surface area contributed by atoms with Gasteiger partial charge in [0.2, 0.25) is 11.8 Å². The zero-order valence-corrected chi connectivity index (χ0v) is 11.5. The van der Waals surface area contributed by atoms with E-state index in [1.807, 2.05) is 0 Å². The molecule has 0 aromatic heterocycles. The number of nitrogens with one attached hydrogen (secondary N) is 2. The number of carbonyl (C=O) groups is 2. The molecule has 0 aliphatic carbocycles. The van der Waals surface area contributed by atoms with Gasteiger partial charge < -0.3 is 26.0 Å². The van der Waals surface area contributed by atoms with Gasteiger partial charge in [0.25, 0.3) is 0 Å². The van der Waals surface area contributed by atoms with Gasteiger partial charge in [-0.05, 0) is 6.42 Å². The maximum Gasteiger partial charge on any atom is 0.249 e. The molecule has 0 aliphatic heterocycles. The van der Waals surface area contributed by atoms with Crippen molar-refractivity contribution in [2.24, 2.45) is 5.41 Å². The van der Waals surface area contributed by atoms with Crippen LogP contribution in [0.25, 0.3) is 0 Å². The fourth-order valence-electron chi connectivity index (χ4n) is 1.23. The van der Waals surface area contributed by atoms with Crippen molar-refractivity contribution in [2.45, 2.75) is 32.8 Å². The second kappa shape index (κ2) is 8.84. The lowest BCUT2D eigenvalue weighted by Gasteiger charge is -2.27. The minimum atomic E-state index is -1.32. The lowest BCUT2D eigenvalue weighted by Crippen LogP contribution is -2.46. The average molecular weight is 276 g/mol. The molecule has 0 aromatic carbocycles. The average Bonchev–Trinajstić information content (AvgIpc) is 2.38. The minimum Gasteiger partial charge on any atom is -0.396 e. The standard InChI is InChI=1S/C12H24N2O5/c1-12(2,8-16)10(18)11(19)14-6-4-9(17)13-5-3-7-15/h10,15-16,18H,3-8H2,1-2H3,(H,13,17)(H,14,19). The molecule has 0 fully saturated rings. The van der Waals surface area contributed by atoms with Crippen molar-refractivity contribution in [3.63, 3.8) is 0 Å². The highest BCUT2D eigenvalue weighted by Crippen LogP contribution is 2.19. The van der Waals surface area contributed by atoms with Crippen LogP contribution in [0.4, 0.5) is 0 Å². The van der Waals surface area contributed by atoms with Crippen molar-refractivity contribution in [1.82, 2.24) is 10.6 Å². The van der Waals surface area contributed by atoms with Gasteiger partial charge in [-0.3, -0.25) is 9.59 Å². The molecule has 1 atom stereocenters. The molecule has 0 rings (SSSR count). The Morgan fingerprint density at radius 1 is 1.16 bits per heavy atom. The third-order valence-corrected chi connectivity index (χ3v) is 2.70. The van der Waals surface area contributed by atoms with E-state index in [4.69, 9.17) is 10.2 Å². The number of carbonyl (C=O) groups excluding carboxylic acids is 2. The molecular weight excluding hydrogens is 252 g/mol. The second-order valence-electron chi connectivity index (χ2n) is 5.02. The molecule has 19 heavy (non-hydrogen) atoms. The van der Waals surface area contributed by atoms with E-state index >= 15 is 0 Å². The Kier molecular flexibility index (Phi) is 8.29. The van der Waals surface area contributed by atoms with Crippen molar-refractivity contribution >= 4 is 11.8 Å². The number of hydrogen-bond donors (Lipinski definition) is 5. The monoisotopic (exact) mass is 276 g/mol. The van der Waals surface area contributed by atoms with Crippen LogP contribution in [-0.4, -0.2) is 59.5 Å². The van der Waals surface area contributed by atoms with Crippen molar-refractivity contribution in [1.29, 1.82) is 0 Å². The predicted octanol–water partition coefficient (Wildman–Crippen LogP) is -1.63. The predicted molar refractivity (Wildman–Crippen MR) is 69.2 cm³/mol. The van der Waals surface area contributed by atoms with E-state index in [0.29, 0.717) is 13.0 Å². The van der Waals surface area contributed by atoms with Gasteiger partial charge in [-0.2, -0.15) is 0 Å². The van der Waals surface area contributed by atoms with Crippen LogP contribution in [0.2, 0.25) is 0 Å². The van der Waals surface area contributed by atoms with Crippen molar-refractivity contribution in [3.05, 3.63) is 0 Å². The number of amides is 2. The molecule has 0 aromatic rings. The molecule has 7 nitrogen and oxygen atoms in total. The molecule has 0 bridgehead atoms. The van der Waals surface area contributed by atoms with E-state index in [1.165, 1.54) is 0 Å². The fourth-order valence-corrected chi connectivity index (χ4v) is 1.23. The molecule has 1 unspecified atom stereocenters. The minimum absolute atomic E-state index is 0.0133. The zero-order chi connectivity index (χ0) is 14.9. The van der Waals surface area contributed by atoms with Crippen LogP contribution in [0.5, 0.6) is 0 Å². The first kappa shape index (κ1) is 17.8. The summed E-state index contributed by atoms with van der Waals surface area (Å²) >= 11 is 0. The summed E-state index contributed by atoms with van der Waals surface area (Å²) in [6, 6.07) is 0. The summed E-state index contributed by atoms with van der Waals surface area (Å²) in [5.74, 6) is -0.841. The van der Waals surface area contributed by atoms with Crippen LogP contribution in [0.1, 0.15) is 26.7 Å². The molecule has 0 radical (unpaired) electrons. The van der Waals surface area contributed by atoms with Crippen molar-refractivity contribution in [3.8, 4) is 0 Å². The third-order valence-electron chi connectivity index (χ3n) is 2.70. The lowest BCUT2D eigenvalue weighted by atomic mass is 9.87. The van der Waals surface area contributed by atoms with Gasteiger partial charge in [-0.15, -0.1) is 0 Å². The summed E-state index contributed by atoms with van der Waals surface area (Å²) in [7, 11) is 0. The van der Waals surface area contributed by atoms with Crippen LogP contribution >= 0.6 is 0 Å². The molecule has 0 saturated heterocycles. The van der Waals surface area contributed by atoms with E-state index in [1.54, 1.807) is 13.8 Å². The smallest absolute Gasteiger partial charge is 0.249 e. The normalized spacial score (nSPS) is 12.9. The van der Waals surface area contributed by atoms with E-state index in [9.17, 15) is 14.7 Å². The maximum absolute atomic E-state index is 11.6. The molecule has 7 heteroatoms. The van der Waals surface area contributed by atoms with Crippen molar-refractivity contribution in [2.75, 3.05) is 26.3 Å². The van der Waals surface area contributed by atoms with Crippen LogP contribution in [-0.2, 0) is 9.59 Å². The highest BCUT2D eigenvalue weighted by Gasteiger charge is 2.32. The Bertz CT molecular complexity index is 294. The van der Waals surface area contributed by atoms with Crippen LogP contribution in [0.15, 0.2) is 0 Å². The van der Waals surface area contributed by atoms with Crippen LogP contribution in [0, 0.1) is 5.41 Å². The van der Waals surface area contributed by atoms with Gasteiger partial charge in [-0.1, -0.05) is 13.8 Å². The Morgan fingerprint density at radius 3 is 2.32 bits per heavy atom. The van der Waals surface area contributed by atoms with Gasteiger partial charge in [-0.25, -0.2) is 0 Å². The number of rotatable bonds is 9. The van der Waals surface area contributed by atoms with Gasteiger partial charge in [0.1, 0.15) is 6.10 Å². The van der Waals surface area contributed by atoms with E-state index in [-0.39, 0.29) is 32.1 Å². The number of aliphatic hydroxyl groups excluding tert-OH is 3. The first-order chi connectivity index (χ1) is 8.85. The topological polar surface area (TPSA) is 119 Å². The Morgan fingerprint density at radius 2 is 1.79 bits per heavy atom. The number of hydrogen-bond acceptors (Lipinski definition) is 5. The highest BCUT2D eigenvalue weighted by atomic mass is 16.3. The molecular formula is C12H24N2O5. The highest BCUT2D eigenvalue weighted by molar-refractivity contribution is 5.82. The lowest BCUT2D eigenvalue weighted by molar-refractivity contribution is -0.137. The van der Waals surface area contributed by atoms with Gasteiger partial charge >= 0.3 is 0 Å². The summed E-state index contributed by atoms with van der Waals surface area (Å²) in [5, 5.41) is 32.2. The molecule has 0 heterocycles. The van der Waals surface area contributed by atoms with Gasteiger partial charge in [0.05, 0.1) is 6.61 Å². The molecule has 112 valence electrons. The Hall–Kier alpha value is -1.18. The Balaban J connectivity index is 3.88. The SMILES string of the molecule is CC(C)(CO)C(O)C(=O)NCCC(=O)NCCCO. The maximum atomic E-state index is 11.6. The summed E-state index contributed by atoms with van der Waals surface area (Å²) in [6.07, 6.45) is -0.736. The van der Waals surface area contributed by atoms with Gasteiger partial charge in [0, 0.05) is 31.5 Å². The van der Waals surface area contributed by atoms with E-state index in [0.717, 1.165) is 0 Å². The quantitative estimate of drug-likeness (QED) is 0.324. The van der Waals surface area contributed by atoms with E-state index < -0.39 is 17.4 Å². The molecule has 2 amide bonds. The van der Waals surface area contributed by atoms with Crippen LogP contribution < -0.4 is 10.6 Å². The molecule has 5 N–H and O–H groups in total. The van der Waals surface area contributed by atoms with Crippen molar-refractivity contribution < 1.29 is 24.9 Å². The summed E-state index contributed by atoms with van der Waals surface area (Å²) < 4.78 is 0. The zero-order valence-electron chi connectivity index (χ0n) is 11.5. The largest absolute Gasteiger partial charge is 0.396 e. The van der Waals surface area contributed by atoms with Gasteiger partial charge in [0.15, 0.2) is 0 Å². The van der Waals surface area contributed by atoms with E-state index in [2.05, 4.69) is 10.6 Å².